The van der Waals surface area contributed by atoms with E-state index in [1.165, 1.54) is 24.0 Å². The Morgan fingerprint density at radius 1 is 1.04 bits per heavy atom. The number of benzene rings is 2. The third kappa shape index (κ3) is 2.83. The number of para-hydroxylation sites is 1. The number of rotatable bonds is 2. The first-order valence-corrected chi connectivity index (χ1v) is 8.46. The van der Waals surface area contributed by atoms with Gasteiger partial charge in [0.1, 0.15) is 5.75 Å². The van der Waals surface area contributed by atoms with E-state index in [1.807, 2.05) is 30.3 Å². The third-order valence-electron chi connectivity index (χ3n) is 4.87. The molecule has 0 fully saturated rings. The molecule has 3 heteroatoms. The van der Waals surface area contributed by atoms with Gasteiger partial charge in [0.15, 0.2) is 0 Å². The Kier molecular flexibility index (Phi) is 3.78. The predicted molar refractivity (Wildman–Crippen MR) is 89.8 cm³/mol. The standard InChI is InChI=1S/C20H21NO2/c22-20(16-10-9-14-5-1-2-6-15(14)13-16)21-18-11-12-23-19-8-4-3-7-17(18)19/h3-4,7-10,13,18H,1-2,5-6,11-12H2,(H,21,22). The third-order valence-corrected chi connectivity index (χ3v) is 4.87. The first-order chi connectivity index (χ1) is 11.3. The Morgan fingerprint density at radius 3 is 2.78 bits per heavy atom. The zero-order chi connectivity index (χ0) is 15.6. The molecule has 118 valence electrons. The molecule has 0 bridgehead atoms. The highest BCUT2D eigenvalue weighted by atomic mass is 16.5. The largest absolute Gasteiger partial charge is 0.493 e. The van der Waals surface area contributed by atoms with Gasteiger partial charge in [-0.1, -0.05) is 24.3 Å². The molecule has 1 heterocycles. The molecule has 1 N–H and O–H groups in total. The van der Waals surface area contributed by atoms with Crippen LogP contribution >= 0.6 is 0 Å². The molecular weight excluding hydrogens is 286 g/mol. The summed E-state index contributed by atoms with van der Waals surface area (Å²) in [6.45, 7) is 0.645. The van der Waals surface area contributed by atoms with Gasteiger partial charge in [-0.05, 0) is 55.0 Å². The van der Waals surface area contributed by atoms with Gasteiger partial charge in [-0.3, -0.25) is 4.79 Å². The molecule has 3 nitrogen and oxygen atoms in total. The first kappa shape index (κ1) is 14.3. The van der Waals surface area contributed by atoms with Crippen molar-refractivity contribution in [2.45, 2.75) is 38.1 Å². The number of carbonyl (C=O) groups is 1. The van der Waals surface area contributed by atoms with E-state index in [0.717, 1.165) is 36.1 Å². The average molecular weight is 307 g/mol. The number of carbonyl (C=O) groups excluding carboxylic acids is 1. The molecule has 23 heavy (non-hydrogen) atoms. The SMILES string of the molecule is O=C(NC1CCOc2ccccc21)c1ccc2c(c1)CCCC2. The molecule has 2 aromatic rings. The van der Waals surface area contributed by atoms with Crippen molar-refractivity contribution in [1.29, 1.82) is 0 Å². The highest BCUT2D eigenvalue weighted by Gasteiger charge is 2.23. The molecule has 1 amide bonds. The molecule has 1 aliphatic heterocycles. The van der Waals surface area contributed by atoms with E-state index in [4.69, 9.17) is 4.74 Å². The zero-order valence-corrected chi connectivity index (χ0v) is 13.2. The topological polar surface area (TPSA) is 38.3 Å². The van der Waals surface area contributed by atoms with Crippen LogP contribution in [0, 0.1) is 0 Å². The molecular formula is C20H21NO2. The lowest BCUT2D eigenvalue weighted by Gasteiger charge is -2.26. The predicted octanol–water partition coefficient (Wildman–Crippen LogP) is 3.82. The second kappa shape index (κ2) is 6.07. The molecule has 4 rings (SSSR count). The minimum absolute atomic E-state index is 0.0140. The van der Waals surface area contributed by atoms with Crippen molar-refractivity contribution >= 4 is 5.91 Å². The lowest BCUT2D eigenvalue weighted by molar-refractivity contribution is 0.0924. The van der Waals surface area contributed by atoms with Crippen LogP contribution in [-0.2, 0) is 12.8 Å². The van der Waals surface area contributed by atoms with Crippen molar-refractivity contribution in [2.75, 3.05) is 6.61 Å². The highest BCUT2D eigenvalue weighted by Crippen LogP contribution is 2.32. The Bertz CT molecular complexity index is 738. The molecule has 2 aliphatic rings. The Labute approximate surface area is 136 Å². The van der Waals surface area contributed by atoms with Crippen LogP contribution < -0.4 is 10.1 Å². The van der Waals surface area contributed by atoms with E-state index in [-0.39, 0.29) is 11.9 Å². The van der Waals surface area contributed by atoms with Crippen molar-refractivity contribution in [2.24, 2.45) is 0 Å². The van der Waals surface area contributed by atoms with E-state index in [1.54, 1.807) is 0 Å². The van der Waals surface area contributed by atoms with Crippen LogP contribution in [0.25, 0.3) is 0 Å². The van der Waals surface area contributed by atoms with Crippen LogP contribution in [0.4, 0.5) is 0 Å². The van der Waals surface area contributed by atoms with Gasteiger partial charge in [0.2, 0.25) is 0 Å². The van der Waals surface area contributed by atoms with E-state index >= 15 is 0 Å². The van der Waals surface area contributed by atoms with Gasteiger partial charge >= 0.3 is 0 Å². The fourth-order valence-corrected chi connectivity index (χ4v) is 3.61. The lowest BCUT2D eigenvalue weighted by atomic mass is 9.90. The quantitative estimate of drug-likeness (QED) is 0.916. The number of nitrogens with one attached hydrogen (secondary N) is 1. The van der Waals surface area contributed by atoms with Crippen molar-refractivity contribution in [3.05, 3.63) is 64.7 Å². The summed E-state index contributed by atoms with van der Waals surface area (Å²) in [7, 11) is 0. The summed E-state index contributed by atoms with van der Waals surface area (Å²) >= 11 is 0. The molecule has 1 aliphatic carbocycles. The smallest absolute Gasteiger partial charge is 0.251 e. The summed E-state index contributed by atoms with van der Waals surface area (Å²) in [4.78, 5) is 12.7. The van der Waals surface area contributed by atoms with Crippen LogP contribution in [-0.4, -0.2) is 12.5 Å². The molecule has 0 aromatic heterocycles. The van der Waals surface area contributed by atoms with Crippen LogP contribution in [0.2, 0.25) is 0 Å². The number of aryl methyl sites for hydroxylation is 2. The monoisotopic (exact) mass is 307 g/mol. The minimum Gasteiger partial charge on any atom is -0.493 e. The molecule has 0 radical (unpaired) electrons. The molecule has 2 aromatic carbocycles. The first-order valence-electron chi connectivity index (χ1n) is 8.46. The fraction of sp³-hybridized carbons (Fsp3) is 0.350. The van der Waals surface area contributed by atoms with Crippen molar-refractivity contribution in [1.82, 2.24) is 5.32 Å². The van der Waals surface area contributed by atoms with Crippen LogP contribution in [0.5, 0.6) is 5.75 Å². The van der Waals surface area contributed by atoms with Gasteiger partial charge in [0, 0.05) is 17.5 Å². The number of hydrogen-bond acceptors (Lipinski definition) is 2. The number of fused-ring (bicyclic) bond motifs is 2. The van der Waals surface area contributed by atoms with E-state index < -0.39 is 0 Å². The highest BCUT2D eigenvalue weighted by molar-refractivity contribution is 5.94. The number of amides is 1. The van der Waals surface area contributed by atoms with Crippen LogP contribution in [0.15, 0.2) is 42.5 Å². The van der Waals surface area contributed by atoms with E-state index in [9.17, 15) is 4.79 Å². The van der Waals surface area contributed by atoms with Gasteiger partial charge in [-0.15, -0.1) is 0 Å². The molecule has 1 atom stereocenters. The molecule has 0 saturated carbocycles. The molecule has 1 unspecified atom stereocenters. The summed E-state index contributed by atoms with van der Waals surface area (Å²) < 4.78 is 5.66. The van der Waals surface area contributed by atoms with Crippen molar-refractivity contribution < 1.29 is 9.53 Å². The van der Waals surface area contributed by atoms with Crippen molar-refractivity contribution in [3.8, 4) is 5.75 Å². The normalized spacial score (nSPS) is 19.2. The van der Waals surface area contributed by atoms with Gasteiger partial charge in [0.25, 0.3) is 5.91 Å². The zero-order valence-electron chi connectivity index (χ0n) is 13.2. The van der Waals surface area contributed by atoms with Gasteiger partial charge in [-0.25, -0.2) is 0 Å². The number of ether oxygens (including phenoxy) is 1. The Morgan fingerprint density at radius 2 is 1.87 bits per heavy atom. The average Bonchev–Trinajstić information content (AvgIpc) is 2.61. The Balaban J connectivity index is 1.55. The summed E-state index contributed by atoms with van der Waals surface area (Å²) in [5.74, 6) is 0.898. The van der Waals surface area contributed by atoms with E-state index in [0.29, 0.717) is 6.61 Å². The van der Waals surface area contributed by atoms with E-state index in [2.05, 4.69) is 17.4 Å². The maximum atomic E-state index is 12.7. The summed E-state index contributed by atoms with van der Waals surface area (Å²) in [5, 5.41) is 3.18. The van der Waals surface area contributed by atoms with Crippen LogP contribution in [0.1, 0.15) is 52.4 Å². The maximum absolute atomic E-state index is 12.7. The molecule has 0 spiro atoms. The molecule has 0 saturated heterocycles. The minimum atomic E-state index is 0.0140. The van der Waals surface area contributed by atoms with Crippen molar-refractivity contribution in [3.63, 3.8) is 0 Å². The fourth-order valence-electron chi connectivity index (χ4n) is 3.61. The maximum Gasteiger partial charge on any atom is 0.251 e. The number of hydrogen-bond donors (Lipinski definition) is 1. The second-order valence-corrected chi connectivity index (χ2v) is 6.39. The summed E-state index contributed by atoms with van der Waals surface area (Å²) in [5.41, 5.74) is 4.60. The van der Waals surface area contributed by atoms with Gasteiger partial charge in [0.05, 0.1) is 12.6 Å². The lowest BCUT2D eigenvalue weighted by Crippen LogP contribution is -2.32. The Hall–Kier alpha value is -2.29. The summed E-state index contributed by atoms with van der Waals surface area (Å²) in [6.07, 6.45) is 5.54. The second-order valence-electron chi connectivity index (χ2n) is 6.39. The summed E-state index contributed by atoms with van der Waals surface area (Å²) in [6, 6.07) is 14.2. The van der Waals surface area contributed by atoms with Crippen LogP contribution in [0.3, 0.4) is 0 Å². The van der Waals surface area contributed by atoms with Gasteiger partial charge < -0.3 is 10.1 Å². The van der Waals surface area contributed by atoms with Gasteiger partial charge in [-0.2, -0.15) is 0 Å².